The molecule has 0 aliphatic heterocycles. The van der Waals surface area contributed by atoms with Crippen LogP contribution in [-0.2, 0) is 11.2 Å². The van der Waals surface area contributed by atoms with Gasteiger partial charge in [0, 0.05) is 5.56 Å². The average Bonchev–Trinajstić information content (AvgIpc) is 2.36. The third-order valence-corrected chi connectivity index (χ3v) is 2.62. The molecule has 1 heterocycles. The van der Waals surface area contributed by atoms with Crippen LogP contribution in [0.2, 0.25) is 5.02 Å². The number of aromatic nitrogens is 2. The number of ether oxygens (including phenoxy) is 1. The number of rotatable bonds is 4. The Labute approximate surface area is 112 Å². The molecule has 0 aliphatic rings. The van der Waals surface area contributed by atoms with Gasteiger partial charge >= 0.3 is 5.97 Å². The van der Waals surface area contributed by atoms with Gasteiger partial charge in [-0.2, -0.15) is 0 Å². The Hall–Kier alpha value is -2.34. The molecule has 0 radical (unpaired) electrons. The Morgan fingerprint density at radius 1 is 1.42 bits per heavy atom. The molecule has 98 valence electrons. The van der Waals surface area contributed by atoms with Crippen LogP contribution in [0.5, 0.6) is 11.6 Å². The van der Waals surface area contributed by atoms with Crippen LogP contribution >= 0.6 is 11.6 Å². The molecular weight excluding hydrogens is 272 g/mol. The lowest BCUT2D eigenvalue weighted by Crippen LogP contribution is -2.08. The van der Waals surface area contributed by atoms with E-state index in [2.05, 4.69) is 9.97 Å². The molecule has 0 bridgehead atoms. The van der Waals surface area contributed by atoms with Gasteiger partial charge in [-0.1, -0.05) is 29.8 Å². The Balaban J connectivity index is 2.35. The maximum absolute atomic E-state index is 11.3. The fourth-order valence-electron chi connectivity index (χ4n) is 1.45. The van der Waals surface area contributed by atoms with E-state index in [4.69, 9.17) is 21.4 Å². The molecule has 0 saturated carbocycles. The Kier molecular flexibility index (Phi) is 3.82. The number of aliphatic carboxylic acids is 1. The van der Waals surface area contributed by atoms with Crippen LogP contribution in [0.1, 0.15) is 5.56 Å². The predicted molar refractivity (Wildman–Crippen MR) is 67.7 cm³/mol. The number of halogens is 1. The second-order valence-corrected chi connectivity index (χ2v) is 4.01. The van der Waals surface area contributed by atoms with Gasteiger partial charge in [0.25, 0.3) is 5.56 Å². The fraction of sp³-hybridized carbons (Fsp3) is 0.0833. The van der Waals surface area contributed by atoms with Gasteiger partial charge in [-0.05, 0) is 6.07 Å². The number of carboxylic acids is 1. The summed E-state index contributed by atoms with van der Waals surface area (Å²) < 4.78 is 5.40. The number of nitrogens with one attached hydrogen (secondary N) is 1. The average molecular weight is 281 g/mol. The van der Waals surface area contributed by atoms with Crippen molar-refractivity contribution in [3.63, 3.8) is 0 Å². The standard InChI is InChI=1S/C12H9ClN2O4/c13-10-11(18)14-6-15-12(10)19-8-4-2-1-3-7(8)5-9(16)17/h1-4,6H,5H2,(H,16,17)(H,14,15,18). The van der Waals surface area contributed by atoms with E-state index in [1.54, 1.807) is 24.3 Å². The molecule has 0 amide bonds. The Bertz CT molecular complexity index is 669. The second kappa shape index (κ2) is 5.53. The zero-order chi connectivity index (χ0) is 13.8. The number of carboxylic acid groups (broad SMARTS) is 1. The molecule has 2 rings (SSSR count). The summed E-state index contributed by atoms with van der Waals surface area (Å²) in [6.45, 7) is 0. The van der Waals surface area contributed by atoms with E-state index in [-0.39, 0.29) is 17.3 Å². The third-order valence-electron chi connectivity index (χ3n) is 2.29. The van der Waals surface area contributed by atoms with Crippen molar-refractivity contribution in [1.29, 1.82) is 0 Å². The molecule has 0 unspecified atom stereocenters. The van der Waals surface area contributed by atoms with Crippen LogP contribution in [0.15, 0.2) is 35.4 Å². The van der Waals surface area contributed by atoms with E-state index in [0.717, 1.165) is 6.33 Å². The van der Waals surface area contributed by atoms with Crippen molar-refractivity contribution >= 4 is 17.6 Å². The maximum Gasteiger partial charge on any atom is 0.307 e. The molecule has 2 N–H and O–H groups in total. The molecule has 19 heavy (non-hydrogen) atoms. The summed E-state index contributed by atoms with van der Waals surface area (Å²) in [6, 6.07) is 6.57. The van der Waals surface area contributed by atoms with Crippen LogP contribution in [0.4, 0.5) is 0 Å². The monoisotopic (exact) mass is 280 g/mol. The van der Waals surface area contributed by atoms with Crippen molar-refractivity contribution < 1.29 is 14.6 Å². The van der Waals surface area contributed by atoms with Crippen molar-refractivity contribution in [3.05, 3.63) is 51.5 Å². The summed E-state index contributed by atoms with van der Waals surface area (Å²) in [5, 5.41) is 8.62. The molecule has 0 spiro atoms. The van der Waals surface area contributed by atoms with Gasteiger partial charge in [0.1, 0.15) is 5.75 Å². The minimum atomic E-state index is -0.985. The van der Waals surface area contributed by atoms with Crippen LogP contribution < -0.4 is 10.3 Å². The predicted octanol–water partition coefficient (Wildman–Crippen LogP) is 1.84. The molecule has 1 aromatic heterocycles. The molecule has 0 saturated heterocycles. The Morgan fingerprint density at radius 3 is 2.89 bits per heavy atom. The first-order chi connectivity index (χ1) is 9.08. The first kappa shape index (κ1) is 13.1. The molecule has 7 heteroatoms. The van der Waals surface area contributed by atoms with Crippen molar-refractivity contribution in [2.24, 2.45) is 0 Å². The minimum absolute atomic E-state index is 0.0664. The van der Waals surface area contributed by atoms with Gasteiger partial charge in [-0.25, -0.2) is 4.98 Å². The van der Waals surface area contributed by atoms with E-state index in [9.17, 15) is 9.59 Å². The lowest BCUT2D eigenvalue weighted by atomic mass is 10.1. The number of nitrogens with zero attached hydrogens (tertiary/aromatic N) is 1. The quantitative estimate of drug-likeness (QED) is 0.891. The summed E-state index contributed by atoms with van der Waals surface area (Å²) in [5.74, 6) is -0.755. The molecule has 0 fully saturated rings. The molecule has 1 aromatic carbocycles. The lowest BCUT2D eigenvalue weighted by Gasteiger charge is -2.09. The molecule has 2 aromatic rings. The highest BCUT2D eigenvalue weighted by molar-refractivity contribution is 6.31. The number of benzene rings is 1. The van der Waals surface area contributed by atoms with E-state index in [0.29, 0.717) is 11.3 Å². The first-order valence-electron chi connectivity index (χ1n) is 5.28. The first-order valence-corrected chi connectivity index (χ1v) is 5.66. The number of carbonyl (C=O) groups is 1. The van der Waals surface area contributed by atoms with E-state index >= 15 is 0 Å². The number of aromatic amines is 1. The molecule has 6 nitrogen and oxygen atoms in total. The molecule has 0 atom stereocenters. The van der Waals surface area contributed by atoms with Crippen LogP contribution in [0.25, 0.3) is 0 Å². The zero-order valence-electron chi connectivity index (χ0n) is 9.59. The third kappa shape index (κ3) is 3.11. The van der Waals surface area contributed by atoms with E-state index in [1.807, 2.05) is 0 Å². The van der Waals surface area contributed by atoms with Crippen LogP contribution in [0, 0.1) is 0 Å². The number of hydrogen-bond donors (Lipinski definition) is 2. The highest BCUT2D eigenvalue weighted by Crippen LogP contribution is 2.27. The summed E-state index contributed by atoms with van der Waals surface area (Å²) in [6.07, 6.45) is 0.959. The van der Waals surface area contributed by atoms with Crippen LogP contribution in [0.3, 0.4) is 0 Å². The molecular formula is C12H9ClN2O4. The smallest absolute Gasteiger partial charge is 0.307 e. The number of H-pyrrole nitrogens is 1. The van der Waals surface area contributed by atoms with E-state index < -0.39 is 11.5 Å². The Morgan fingerprint density at radius 2 is 2.16 bits per heavy atom. The van der Waals surface area contributed by atoms with Gasteiger partial charge < -0.3 is 14.8 Å². The summed E-state index contributed by atoms with van der Waals surface area (Å²) >= 11 is 5.75. The minimum Gasteiger partial charge on any atom is -0.481 e. The number of para-hydroxylation sites is 1. The summed E-state index contributed by atoms with van der Waals surface area (Å²) in [5.41, 5.74) is -0.0597. The SMILES string of the molecule is O=C(O)Cc1ccccc1Oc1nc[nH]c(=O)c1Cl. The lowest BCUT2D eigenvalue weighted by molar-refractivity contribution is -0.136. The zero-order valence-corrected chi connectivity index (χ0v) is 10.3. The van der Waals surface area contributed by atoms with Gasteiger partial charge in [-0.15, -0.1) is 0 Å². The molecule has 0 aliphatic carbocycles. The topological polar surface area (TPSA) is 92.3 Å². The number of hydrogen-bond acceptors (Lipinski definition) is 4. The van der Waals surface area contributed by atoms with Crippen LogP contribution in [-0.4, -0.2) is 21.0 Å². The van der Waals surface area contributed by atoms with Crippen molar-refractivity contribution in [3.8, 4) is 11.6 Å². The largest absolute Gasteiger partial charge is 0.481 e. The van der Waals surface area contributed by atoms with Gasteiger partial charge in [0.15, 0.2) is 5.02 Å². The highest BCUT2D eigenvalue weighted by atomic mass is 35.5. The van der Waals surface area contributed by atoms with Gasteiger partial charge in [0.05, 0.1) is 12.7 Å². The van der Waals surface area contributed by atoms with Crippen molar-refractivity contribution in [1.82, 2.24) is 9.97 Å². The van der Waals surface area contributed by atoms with Gasteiger partial charge in [-0.3, -0.25) is 9.59 Å². The van der Waals surface area contributed by atoms with Crippen molar-refractivity contribution in [2.75, 3.05) is 0 Å². The fourth-order valence-corrected chi connectivity index (χ4v) is 1.60. The summed E-state index contributed by atoms with van der Waals surface area (Å²) in [4.78, 5) is 28.1. The van der Waals surface area contributed by atoms with Gasteiger partial charge in [0.2, 0.25) is 5.88 Å². The highest BCUT2D eigenvalue weighted by Gasteiger charge is 2.12. The second-order valence-electron chi connectivity index (χ2n) is 3.63. The van der Waals surface area contributed by atoms with E-state index in [1.165, 1.54) is 0 Å². The van der Waals surface area contributed by atoms with Crippen molar-refractivity contribution in [2.45, 2.75) is 6.42 Å². The summed E-state index contributed by atoms with van der Waals surface area (Å²) in [7, 11) is 0. The maximum atomic E-state index is 11.3. The normalized spacial score (nSPS) is 10.2.